The van der Waals surface area contributed by atoms with Crippen molar-refractivity contribution in [2.45, 2.75) is 6.92 Å². The van der Waals surface area contributed by atoms with E-state index in [1.807, 2.05) is 0 Å². The van der Waals surface area contributed by atoms with Gasteiger partial charge in [-0.1, -0.05) is 11.6 Å². The molecule has 0 saturated carbocycles. The molecule has 20 heavy (non-hydrogen) atoms. The molecule has 104 valence electrons. The fraction of sp³-hybridized carbons (Fsp3) is 0.133. The number of methoxy groups -OCH3 is 1. The molecule has 0 atom stereocenters. The second-order valence-corrected chi connectivity index (χ2v) is 4.81. The zero-order valence-corrected chi connectivity index (χ0v) is 11.8. The average Bonchev–Trinajstić information content (AvgIpc) is 2.42. The van der Waals surface area contributed by atoms with Crippen LogP contribution in [-0.4, -0.2) is 12.9 Å². The first-order valence-electron chi connectivity index (χ1n) is 5.88. The molecule has 2 rings (SSSR count). The quantitative estimate of drug-likeness (QED) is 0.695. The molecule has 2 aromatic carbocycles. The number of anilines is 1. The SMILES string of the molecule is COc1ccc(Cl)cc1C(=O)c1cc(N)cc(C)c1F. The van der Waals surface area contributed by atoms with Crippen LogP contribution in [0.5, 0.6) is 5.75 Å². The number of carbonyl (C=O) groups excluding carboxylic acids is 1. The van der Waals surface area contributed by atoms with Crippen molar-refractivity contribution in [3.05, 3.63) is 57.9 Å². The molecule has 0 amide bonds. The van der Waals surface area contributed by atoms with Crippen molar-refractivity contribution in [1.82, 2.24) is 0 Å². The highest BCUT2D eigenvalue weighted by molar-refractivity contribution is 6.31. The van der Waals surface area contributed by atoms with Gasteiger partial charge >= 0.3 is 0 Å². The predicted molar refractivity (Wildman–Crippen MR) is 77.0 cm³/mol. The van der Waals surface area contributed by atoms with Crippen molar-refractivity contribution in [1.29, 1.82) is 0 Å². The molecule has 0 spiro atoms. The Bertz CT molecular complexity index is 686. The molecule has 0 heterocycles. The van der Waals surface area contributed by atoms with Crippen molar-refractivity contribution >= 4 is 23.1 Å². The summed E-state index contributed by atoms with van der Waals surface area (Å²) in [4.78, 5) is 12.5. The summed E-state index contributed by atoms with van der Waals surface area (Å²) >= 11 is 5.88. The van der Waals surface area contributed by atoms with Gasteiger partial charge < -0.3 is 10.5 Å². The molecule has 0 saturated heterocycles. The van der Waals surface area contributed by atoms with E-state index in [2.05, 4.69) is 0 Å². The molecule has 2 aromatic rings. The maximum atomic E-state index is 14.1. The van der Waals surface area contributed by atoms with Gasteiger partial charge in [-0.2, -0.15) is 0 Å². The largest absolute Gasteiger partial charge is 0.496 e. The second kappa shape index (κ2) is 5.51. The number of hydrogen-bond donors (Lipinski definition) is 1. The van der Waals surface area contributed by atoms with Crippen LogP contribution in [-0.2, 0) is 0 Å². The Morgan fingerprint density at radius 3 is 2.60 bits per heavy atom. The van der Waals surface area contributed by atoms with Gasteiger partial charge in [0.1, 0.15) is 11.6 Å². The van der Waals surface area contributed by atoms with Crippen molar-refractivity contribution in [3.63, 3.8) is 0 Å². The van der Waals surface area contributed by atoms with Gasteiger partial charge in [-0.15, -0.1) is 0 Å². The number of hydrogen-bond acceptors (Lipinski definition) is 3. The number of nitrogens with two attached hydrogens (primary N) is 1. The number of benzene rings is 2. The van der Waals surface area contributed by atoms with Gasteiger partial charge in [0.15, 0.2) is 5.78 Å². The normalized spacial score (nSPS) is 10.4. The van der Waals surface area contributed by atoms with Crippen LogP contribution in [0, 0.1) is 12.7 Å². The van der Waals surface area contributed by atoms with Crippen LogP contribution in [0.1, 0.15) is 21.5 Å². The molecule has 0 aliphatic rings. The molecule has 2 N–H and O–H groups in total. The summed E-state index contributed by atoms with van der Waals surface area (Å²) in [6, 6.07) is 7.39. The van der Waals surface area contributed by atoms with Gasteiger partial charge in [-0.05, 0) is 42.8 Å². The summed E-state index contributed by atoms with van der Waals surface area (Å²) in [6.45, 7) is 1.55. The molecule has 0 fully saturated rings. The standard InChI is InChI=1S/C15H13ClFNO2/c1-8-5-10(18)7-12(14(8)17)15(19)11-6-9(16)3-4-13(11)20-2/h3-7H,18H2,1-2H3. The van der Waals surface area contributed by atoms with E-state index in [-0.39, 0.29) is 11.1 Å². The third-order valence-corrected chi connectivity index (χ3v) is 3.16. The van der Waals surface area contributed by atoms with E-state index in [0.717, 1.165) is 0 Å². The smallest absolute Gasteiger partial charge is 0.199 e. The predicted octanol–water partition coefficient (Wildman–Crippen LogP) is 3.61. The summed E-state index contributed by atoms with van der Waals surface area (Å²) in [5.41, 5.74) is 6.41. The van der Waals surface area contributed by atoms with Crippen molar-refractivity contribution in [2.75, 3.05) is 12.8 Å². The molecular formula is C15H13ClFNO2. The zero-order valence-electron chi connectivity index (χ0n) is 11.0. The highest BCUT2D eigenvalue weighted by Crippen LogP contribution is 2.27. The summed E-state index contributed by atoms with van der Waals surface area (Å²) in [5, 5.41) is 0.371. The molecule has 5 heteroatoms. The van der Waals surface area contributed by atoms with E-state index in [9.17, 15) is 9.18 Å². The maximum Gasteiger partial charge on any atom is 0.199 e. The van der Waals surface area contributed by atoms with Crippen LogP contribution in [0.4, 0.5) is 10.1 Å². The van der Waals surface area contributed by atoms with E-state index in [1.165, 1.54) is 25.3 Å². The summed E-state index contributed by atoms with van der Waals surface area (Å²) in [7, 11) is 1.43. The van der Waals surface area contributed by atoms with Gasteiger partial charge in [-0.25, -0.2) is 4.39 Å². The van der Waals surface area contributed by atoms with Gasteiger partial charge in [-0.3, -0.25) is 4.79 Å². The lowest BCUT2D eigenvalue weighted by Gasteiger charge is -2.10. The van der Waals surface area contributed by atoms with Crippen LogP contribution >= 0.6 is 11.6 Å². The Morgan fingerprint density at radius 2 is 1.95 bits per heavy atom. The average molecular weight is 294 g/mol. The van der Waals surface area contributed by atoms with Crippen molar-refractivity contribution < 1.29 is 13.9 Å². The van der Waals surface area contributed by atoms with Crippen LogP contribution < -0.4 is 10.5 Å². The molecule has 0 aliphatic carbocycles. The lowest BCUT2D eigenvalue weighted by atomic mass is 9.99. The molecule has 0 bridgehead atoms. The fourth-order valence-electron chi connectivity index (χ4n) is 1.97. The Balaban J connectivity index is 2.60. The maximum absolute atomic E-state index is 14.1. The van der Waals surface area contributed by atoms with E-state index < -0.39 is 11.6 Å². The van der Waals surface area contributed by atoms with Crippen LogP contribution in [0.2, 0.25) is 5.02 Å². The van der Waals surface area contributed by atoms with Gasteiger partial charge in [0.25, 0.3) is 0 Å². The first-order valence-corrected chi connectivity index (χ1v) is 6.25. The fourth-order valence-corrected chi connectivity index (χ4v) is 2.14. The minimum Gasteiger partial charge on any atom is -0.496 e. The Labute approximate surface area is 121 Å². The molecule has 0 radical (unpaired) electrons. The highest BCUT2D eigenvalue weighted by atomic mass is 35.5. The monoisotopic (exact) mass is 293 g/mol. The first kappa shape index (κ1) is 14.3. The third kappa shape index (κ3) is 2.60. The van der Waals surface area contributed by atoms with Crippen LogP contribution in [0.25, 0.3) is 0 Å². The van der Waals surface area contributed by atoms with Gasteiger partial charge in [0.05, 0.1) is 18.2 Å². The number of ether oxygens (including phenoxy) is 1. The Kier molecular flexibility index (Phi) is 3.95. The number of carbonyl (C=O) groups is 1. The number of rotatable bonds is 3. The van der Waals surface area contributed by atoms with Crippen LogP contribution in [0.3, 0.4) is 0 Å². The van der Waals surface area contributed by atoms with Gasteiger partial charge in [0.2, 0.25) is 0 Å². The van der Waals surface area contributed by atoms with E-state index >= 15 is 0 Å². The molecule has 3 nitrogen and oxygen atoms in total. The van der Waals surface area contributed by atoms with Crippen LogP contribution in [0.15, 0.2) is 30.3 Å². The minimum absolute atomic E-state index is 0.0944. The van der Waals surface area contributed by atoms with E-state index in [0.29, 0.717) is 22.0 Å². The topological polar surface area (TPSA) is 52.3 Å². The van der Waals surface area contributed by atoms with Crippen molar-refractivity contribution in [3.8, 4) is 5.75 Å². The summed E-state index contributed by atoms with van der Waals surface area (Å²) in [5.74, 6) is -0.776. The summed E-state index contributed by atoms with van der Waals surface area (Å²) < 4.78 is 19.2. The van der Waals surface area contributed by atoms with E-state index in [4.69, 9.17) is 22.1 Å². The highest BCUT2D eigenvalue weighted by Gasteiger charge is 2.20. The minimum atomic E-state index is -0.591. The lowest BCUT2D eigenvalue weighted by molar-refractivity contribution is 0.103. The number of aryl methyl sites for hydroxylation is 1. The molecule has 0 unspecified atom stereocenters. The third-order valence-electron chi connectivity index (χ3n) is 2.93. The zero-order chi connectivity index (χ0) is 14.9. The van der Waals surface area contributed by atoms with E-state index in [1.54, 1.807) is 19.1 Å². The lowest BCUT2D eigenvalue weighted by Crippen LogP contribution is -2.08. The van der Waals surface area contributed by atoms with Gasteiger partial charge in [0, 0.05) is 10.7 Å². The summed E-state index contributed by atoms with van der Waals surface area (Å²) in [6.07, 6.45) is 0. The molecule has 0 aliphatic heterocycles. The number of halogens is 2. The Hall–Kier alpha value is -2.07. The number of ketones is 1. The first-order chi connectivity index (χ1) is 9.43. The molecule has 0 aromatic heterocycles. The number of nitrogen functional groups attached to an aromatic ring is 1. The van der Waals surface area contributed by atoms with Crippen molar-refractivity contribution in [2.24, 2.45) is 0 Å². The Morgan fingerprint density at radius 1 is 1.25 bits per heavy atom. The second-order valence-electron chi connectivity index (χ2n) is 4.37. The molecular weight excluding hydrogens is 281 g/mol.